The molecule has 1 heterocycles. The summed E-state index contributed by atoms with van der Waals surface area (Å²) in [6.45, 7) is 3.11. The minimum absolute atomic E-state index is 0.197. The molecule has 1 aliphatic heterocycles. The van der Waals surface area contributed by atoms with Crippen molar-refractivity contribution in [3.8, 4) is 11.5 Å². The Balaban J connectivity index is 1.92. The van der Waals surface area contributed by atoms with Gasteiger partial charge in [0.15, 0.2) is 11.5 Å². The predicted octanol–water partition coefficient (Wildman–Crippen LogP) is 3.43. The van der Waals surface area contributed by atoms with Crippen LogP contribution in [0.5, 0.6) is 11.5 Å². The standard InChI is InChI=1S/C20H18N2O4/c1-13-17(20(24)22(21-13)16-7-5-4-6-8-16)11-15-9-10-18(26-14(2)23)19(12-15)25-3/h4-12H,1-3H3. The lowest BCUT2D eigenvalue weighted by atomic mass is 10.1. The highest BCUT2D eigenvalue weighted by Crippen LogP contribution is 2.30. The van der Waals surface area contributed by atoms with E-state index < -0.39 is 5.97 Å². The van der Waals surface area contributed by atoms with E-state index in [4.69, 9.17) is 9.47 Å². The zero-order valence-electron chi connectivity index (χ0n) is 14.7. The highest BCUT2D eigenvalue weighted by atomic mass is 16.6. The monoisotopic (exact) mass is 350 g/mol. The average Bonchev–Trinajstić information content (AvgIpc) is 2.91. The average molecular weight is 350 g/mol. The Kier molecular flexibility index (Phi) is 4.84. The van der Waals surface area contributed by atoms with Gasteiger partial charge >= 0.3 is 5.97 Å². The van der Waals surface area contributed by atoms with E-state index in [0.717, 1.165) is 5.56 Å². The number of ether oxygens (including phenoxy) is 2. The van der Waals surface area contributed by atoms with Crippen molar-refractivity contribution >= 4 is 29.4 Å². The fraction of sp³-hybridized carbons (Fsp3) is 0.150. The van der Waals surface area contributed by atoms with Crippen LogP contribution in [0.15, 0.2) is 59.2 Å². The van der Waals surface area contributed by atoms with Crippen molar-refractivity contribution in [3.63, 3.8) is 0 Å². The number of carbonyl (C=O) groups is 2. The Morgan fingerprint density at radius 2 is 1.85 bits per heavy atom. The molecule has 0 atom stereocenters. The largest absolute Gasteiger partial charge is 0.493 e. The van der Waals surface area contributed by atoms with Crippen LogP contribution in [0.25, 0.3) is 6.08 Å². The minimum atomic E-state index is -0.429. The summed E-state index contributed by atoms with van der Waals surface area (Å²) in [6.07, 6.45) is 1.74. The molecule has 3 rings (SSSR count). The lowest BCUT2D eigenvalue weighted by Gasteiger charge is -2.11. The first-order valence-corrected chi connectivity index (χ1v) is 8.03. The van der Waals surface area contributed by atoms with E-state index in [1.165, 1.54) is 19.0 Å². The molecule has 0 unspecified atom stereocenters. The van der Waals surface area contributed by atoms with Crippen LogP contribution in [0.2, 0.25) is 0 Å². The van der Waals surface area contributed by atoms with E-state index in [9.17, 15) is 9.59 Å². The van der Waals surface area contributed by atoms with Gasteiger partial charge in [0.2, 0.25) is 0 Å². The summed E-state index contributed by atoms with van der Waals surface area (Å²) in [6, 6.07) is 14.3. The molecule has 0 saturated heterocycles. The summed E-state index contributed by atoms with van der Waals surface area (Å²) in [5, 5.41) is 5.73. The number of carbonyl (C=O) groups excluding carboxylic acids is 2. The molecule has 0 N–H and O–H groups in total. The fourth-order valence-corrected chi connectivity index (χ4v) is 2.61. The molecule has 0 saturated carbocycles. The second-order valence-electron chi connectivity index (χ2n) is 5.70. The SMILES string of the molecule is COc1cc(C=C2C(=O)N(c3ccccc3)N=C2C)ccc1OC(C)=O. The fourth-order valence-electron chi connectivity index (χ4n) is 2.61. The van der Waals surface area contributed by atoms with Crippen molar-refractivity contribution < 1.29 is 19.1 Å². The van der Waals surface area contributed by atoms with E-state index >= 15 is 0 Å². The quantitative estimate of drug-likeness (QED) is 0.481. The Labute approximate surface area is 151 Å². The van der Waals surface area contributed by atoms with Gasteiger partial charge in [-0.3, -0.25) is 9.59 Å². The first kappa shape index (κ1) is 17.4. The summed E-state index contributed by atoms with van der Waals surface area (Å²) in [5.74, 6) is 0.115. The van der Waals surface area contributed by atoms with Crippen LogP contribution in [-0.2, 0) is 9.59 Å². The van der Waals surface area contributed by atoms with Crippen LogP contribution in [0.3, 0.4) is 0 Å². The molecule has 0 aliphatic carbocycles. The van der Waals surface area contributed by atoms with Crippen molar-refractivity contribution in [2.75, 3.05) is 12.1 Å². The zero-order valence-corrected chi connectivity index (χ0v) is 14.7. The summed E-state index contributed by atoms with van der Waals surface area (Å²) in [7, 11) is 1.49. The lowest BCUT2D eigenvalue weighted by molar-refractivity contribution is -0.132. The Morgan fingerprint density at radius 3 is 2.50 bits per heavy atom. The third-order valence-corrected chi connectivity index (χ3v) is 3.82. The van der Waals surface area contributed by atoms with Gasteiger partial charge in [-0.15, -0.1) is 0 Å². The zero-order chi connectivity index (χ0) is 18.7. The summed E-state index contributed by atoms with van der Waals surface area (Å²) < 4.78 is 10.4. The molecule has 26 heavy (non-hydrogen) atoms. The number of hydrogen-bond donors (Lipinski definition) is 0. The Bertz CT molecular complexity index is 917. The molecular weight excluding hydrogens is 332 g/mol. The second-order valence-corrected chi connectivity index (χ2v) is 5.70. The molecule has 1 aliphatic rings. The Morgan fingerprint density at radius 1 is 1.12 bits per heavy atom. The number of methoxy groups -OCH3 is 1. The third kappa shape index (κ3) is 3.49. The van der Waals surface area contributed by atoms with Crippen LogP contribution < -0.4 is 14.5 Å². The number of esters is 1. The summed E-state index contributed by atoms with van der Waals surface area (Å²) in [5.41, 5.74) is 2.58. The summed E-state index contributed by atoms with van der Waals surface area (Å²) >= 11 is 0. The van der Waals surface area contributed by atoms with Gasteiger partial charge in [-0.2, -0.15) is 10.1 Å². The molecule has 0 aromatic heterocycles. The van der Waals surface area contributed by atoms with Crippen LogP contribution in [0.4, 0.5) is 5.69 Å². The van der Waals surface area contributed by atoms with Crippen molar-refractivity contribution in [3.05, 3.63) is 59.7 Å². The Hall–Kier alpha value is -3.41. The molecule has 2 aromatic carbocycles. The molecule has 0 spiro atoms. The molecule has 6 nitrogen and oxygen atoms in total. The number of anilines is 1. The van der Waals surface area contributed by atoms with Crippen LogP contribution >= 0.6 is 0 Å². The molecule has 1 amide bonds. The highest BCUT2D eigenvalue weighted by molar-refractivity contribution is 6.32. The van der Waals surface area contributed by atoms with Crippen molar-refractivity contribution in [2.45, 2.75) is 13.8 Å². The van der Waals surface area contributed by atoms with Gasteiger partial charge in [0.05, 0.1) is 24.1 Å². The maximum absolute atomic E-state index is 12.7. The van der Waals surface area contributed by atoms with E-state index in [1.54, 1.807) is 31.2 Å². The second kappa shape index (κ2) is 7.23. The van der Waals surface area contributed by atoms with Crippen LogP contribution in [-0.4, -0.2) is 24.7 Å². The van der Waals surface area contributed by atoms with Crippen molar-refractivity contribution in [1.82, 2.24) is 0 Å². The van der Waals surface area contributed by atoms with Gasteiger partial charge in [-0.05, 0) is 42.8 Å². The highest BCUT2D eigenvalue weighted by Gasteiger charge is 2.28. The maximum atomic E-state index is 12.7. The van der Waals surface area contributed by atoms with E-state index in [0.29, 0.717) is 28.5 Å². The van der Waals surface area contributed by atoms with Gasteiger partial charge < -0.3 is 9.47 Å². The molecule has 6 heteroatoms. The number of para-hydroxylation sites is 1. The number of hydrazone groups is 1. The maximum Gasteiger partial charge on any atom is 0.308 e. The van der Waals surface area contributed by atoms with E-state index in [2.05, 4.69) is 5.10 Å². The van der Waals surface area contributed by atoms with E-state index in [-0.39, 0.29) is 5.91 Å². The van der Waals surface area contributed by atoms with Crippen LogP contribution in [0.1, 0.15) is 19.4 Å². The van der Waals surface area contributed by atoms with Gasteiger partial charge in [0.25, 0.3) is 5.91 Å². The van der Waals surface area contributed by atoms with Crippen molar-refractivity contribution in [2.24, 2.45) is 5.10 Å². The summed E-state index contributed by atoms with van der Waals surface area (Å²) in [4.78, 5) is 23.9. The normalized spacial score (nSPS) is 15.2. The number of rotatable bonds is 4. The molecule has 132 valence electrons. The van der Waals surface area contributed by atoms with Gasteiger partial charge in [0, 0.05) is 6.92 Å². The first-order valence-electron chi connectivity index (χ1n) is 8.03. The number of benzene rings is 2. The lowest BCUT2D eigenvalue weighted by Crippen LogP contribution is -2.21. The van der Waals surface area contributed by atoms with E-state index in [1.807, 2.05) is 30.3 Å². The molecular formula is C20H18N2O4. The van der Waals surface area contributed by atoms with Crippen LogP contribution in [0, 0.1) is 0 Å². The molecule has 2 aromatic rings. The first-order chi connectivity index (χ1) is 12.5. The van der Waals surface area contributed by atoms with Crippen molar-refractivity contribution in [1.29, 1.82) is 0 Å². The predicted molar refractivity (Wildman–Crippen MR) is 99.3 cm³/mol. The molecule has 0 fully saturated rings. The molecule has 0 bridgehead atoms. The smallest absolute Gasteiger partial charge is 0.308 e. The number of amides is 1. The van der Waals surface area contributed by atoms with Gasteiger partial charge in [0.1, 0.15) is 0 Å². The number of hydrogen-bond acceptors (Lipinski definition) is 5. The minimum Gasteiger partial charge on any atom is -0.493 e. The third-order valence-electron chi connectivity index (χ3n) is 3.82. The van der Waals surface area contributed by atoms with Gasteiger partial charge in [-0.1, -0.05) is 24.3 Å². The molecule has 0 radical (unpaired) electrons. The van der Waals surface area contributed by atoms with Gasteiger partial charge in [-0.25, -0.2) is 0 Å². The topological polar surface area (TPSA) is 68.2 Å². The number of nitrogens with zero attached hydrogens (tertiary/aromatic N) is 2.